The number of carbonyl (C=O) groups is 2. The molecule has 2 amide bonds. The Hall–Kier alpha value is -3.07. The number of aryl methyl sites for hydroxylation is 1. The molecule has 0 aliphatic heterocycles. The number of anilines is 1. The Morgan fingerprint density at radius 3 is 2.21 bits per heavy atom. The molecule has 0 spiro atoms. The first-order valence-electron chi connectivity index (χ1n) is 12.6. The number of carbonyl (C=O) groups excluding carboxylic acids is 2. The number of benzene rings is 3. The molecule has 1 N–H and O–H groups in total. The largest absolute Gasteiger partial charge is 0.354 e. The van der Waals surface area contributed by atoms with Crippen LogP contribution in [0.3, 0.4) is 0 Å². The summed E-state index contributed by atoms with van der Waals surface area (Å²) in [5.41, 5.74) is 2.62. The summed E-state index contributed by atoms with van der Waals surface area (Å²) in [6.45, 7) is 3.71. The van der Waals surface area contributed by atoms with Gasteiger partial charge in [-0.2, -0.15) is 0 Å². The molecule has 1 unspecified atom stereocenters. The summed E-state index contributed by atoms with van der Waals surface area (Å²) in [6.07, 6.45) is 2.03. The summed E-state index contributed by atoms with van der Waals surface area (Å²) in [6, 6.07) is 20.4. The highest BCUT2D eigenvalue weighted by Crippen LogP contribution is 2.26. The van der Waals surface area contributed by atoms with E-state index in [0.29, 0.717) is 33.4 Å². The summed E-state index contributed by atoms with van der Waals surface area (Å²) < 4.78 is 26.8. The lowest BCUT2D eigenvalue weighted by Gasteiger charge is -2.33. The van der Waals surface area contributed by atoms with E-state index in [1.165, 1.54) is 4.90 Å². The van der Waals surface area contributed by atoms with Gasteiger partial charge in [0.15, 0.2) is 0 Å². The lowest BCUT2D eigenvalue weighted by Crippen LogP contribution is -2.53. The molecular weight excluding hydrogens is 557 g/mol. The highest BCUT2D eigenvalue weighted by Gasteiger charge is 2.33. The molecule has 0 heterocycles. The van der Waals surface area contributed by atoms with Gasteiger partial charge in [0.1, 0.15) is 12.6 Å². The Labute approximate surface area is 240 Å². The van der Waals surface area contributed by atoms with Gasteiger partial charge in [-0.15, -0.1) is 0 Å². The molecule has 3 rings (SSSR count). The number of para-hydroxylation sites is 1. The second-order valence-corrected chi connectivity index (χ2v) is 12.0. The van der Waals surface area contributed by atoms with E-state index >= 15 is 0 Å². The minimum Gasteiger partial charge on any atom is -0.354 e. The van der Waals surface area contributed by atoms with Crippen LogP contribution in [0.15, 0.2) is 72.8 Å². The number of rotatable bonds is 12. The van der Waals surface area contributed by atoms with Gasteiger partial charge >= 0.3 is 0 Å². The molecule has 0 radical (unpaired) electrons. The van der Waals surface area contributed by atoms with E-state index in [4.69, 9.17) is 23.2 Å². The highest BCUT2D eigenvalue weighted by atomic mass is 35.5. The number of sulfonamides is 1. The van der Waals surface area contributed by atoms with E-state index in [9.17, 15) is 18.0 Å². The van der Waals surface area contributed by atoms with Crippen molar-refractivity contribution in [1.82, 2.24) is 10.2 Å². The quantitative estimate of drug-likeness (QED) is 0.313. The van der Waals surface area contributed by atoms with Crippen LogP contribution < -0.4 is 9.62 Å². The summed E-state index contributed by atoms with van der Waals surface area (Å²) >= 11 is 12.4. The predicted molar refractivity (Wildman–Crippen MR) is 158 cm³/mol. The Morgan fingerprint density at radius 2 is 1.59 bits per heavy atom. The van der Waals surface area contributed by atoms with Crippen LogP contribution in [-0.4, -0.2) is 50.5 Å². The third-order valence-corrected chi connectivity index (χ3v) is 8.09. The van der Waals surface area contributed by atoms with E-state index in [2.05, 4.69) is 5.32 Å². The Balaban J connectivity index is 2.07. The molecular formula is C29H33Cl2N3O4S. The van der Waals surface area contributed by atoms with Crippen molar-refractivity contribution in [2.24, 2.45) is 0 Å². The van der Waals surface area contributed by atoms with Crippen molar-refractivity contribution in [3.8, 4) is 0 Å². The van der Waals surface area contributed by atoms with Gasteiger partial charge in [0.2, 0.25) is 21.8 Å². The van der Waals surface area contributed by atoms with Gasteiger partial charge in [-0.05, 0) is 48.2 Å². The molecule has 3 aromatic carbocycles. The number of nitrogens with one attached hydrogen (secondary N) is 1. The van der Waals surface area contributed by atoms with Crippen molar-refractivity contribution in [2.45, 2.75) is 39.3 Å². The topological polar surface area (TPSA) is 86.8 Å². The fourth-order valence-corrected chi connectivity index (χ4v) is 5.42. The third-order valence-electron chi connectivity index (χ3n) is 6.22. The molecule has 0 aromatic heterocycles. The summed E-state index contributed by atoms with van der Waals surface area (Å²) in [4.78, 5) is 28.9. The minimum absolute atomic E-state index is 0.0259. The fraction of sp³-hybridized carbons (Fsp3) is 0.310. The standard InChI is InChI=1S/C29H33Cl2N3O4S/c1-4-16-32-29(36)27(18-22-11-6-5-7-12-22)33(19-23-14-15-24(30)25(31)17-23)28(35)20-34(39(3,37)38)26-13-9-8-10-21(26)2/h5-15,17,27H,4,16,18-20H2,1-3H3,(H,32,36). The van der Waals surface area contributed by atoms with E-state index in [1.807, 2.05) is 37.3 Å². The molecule has 208 valence electrons. The smallest absolute Gasteiger partial charge is 0.244 e. The van der Waals surface area contributed by atoms with Crippen LogP contribution >= 0.6 is 23.2 Å². The van der Waals surface area contributed by atoms with Gasteiger partial charge < -0.3 is 10.2 Å². The van der Waals surface area contributed by atoms with Crippen LogP contribution in [0.1, 0.15) is 30.0 Å². The van der Waals surface area contributed by atoms with Gasteiger partial charge in [-0.3, -0.25) is 13.9 Å². The molecule has 10 heteroatoms. The molecule has 7 nitrogen and oxygen atoms in total. The normalized spacial score (nSPS) is 12.0. The summed E-state index contributed by atoms with van der Waals surface area (Å²) in [7, 11) is -3.83. The maximum atomic E-state index is 14.0. The zero-order valence-corrected chi connectivity index (χ0v) is 24.6. The first-order valence-corrected chi connectivity index (χ1v) is 15.2. The average Bonchev–Trinajstić information content (AvgIpc) is 2.90. The maximum Gasteiger partial charge on any atom is 0.244 e. The van der Waals surface area contributed by atoms with E-state index in [0.717, 1.165) is 22.5 Å². The number of amides is 2. The third kappa shape index (κ3) is 8.46. The molecule has 0 aliphatic carbocycles. The van der Waals surface area contributed by atoms with E-state index < -0.39 is 28.5 Å². The number of nitrogens with zero attached hydrogens (tertiary/aromatic N) is 2. The Kier molecular flexibility index (Phi) is 10.8. The molecule has 0 aliphatic rings. The van der Waals surface area contributed by atoms with Crippen molar-refractivity contribution >= 4 is 50.7 Å². The van der Waals surface area contributed by atoms with Gasteiger partial charge in [0.05, 0.1) is 22.0 Å². The zero-order valence-electron chi connectivity index (χ0n) is 22.2. The maximum absolute atomic E-state index is 14.0. The van der Waals surface area contributed by atoms with Crippen molar-refractivity contribution in [2.75, 3.05) is 23.7 Å². The van der Waals surface area contributed by atoms with Crippen molar-refractivity contribution in [3.05, 3.63) is 99.5 Å². The number of hydrogen-bond donors (Lipinski definition) is 1. The molecule has 0 bridgehead atoms. The van der Waals surface area contributed by atoms with Gasteiger partial charge in [-0.25, -0.2) is 8.42 Å². The SMILES string of the molecule is CCCNC(=O)C(Cc1ccccc1)N(Cc1ccc(Cl)c(Cl)c1)C(=O)CN(c1ccccc1C)S(C)(=O)=O. The van der Waals surface area contributed by atoms with E-state index in [1.54, 1.807) is 49.4 Å². The molecule has 0 saturated carbocycles. The monoisotopic (exact) mass is 589 g/mol. The van der Waals surface area contributed by atoms with Gasteiger partial charge in [0, 0.05) is 19.5 Å². The van der Waals surface area contributed by atoms with Crippen LogP contribution in [0.4, 0.5) is 5.69 Å². The molecule has 0 saturated heterocycles. The lowest BCUT2D eigenvalue weighted by molar-refractivity contribution is -0.140. The molecule has 3 aromatic rings. The van der Waals surface area contributed by atoms with Crippen molar-refractivity contribution in [1.29, 1.82) is 0 Å². The van der Waals surface area contributed by atoms with E-state index in [-0.39, 0.29) is 18.9 Å². The van der Waals surface area contributed by atoms with Crippen LogP contribution in [0.25, 0.3) is 0 Å². The number of hydrogen-bond acceptors (Lipinski definition) is 4. The number of halogens is 2. The zero-order chi connectivity index (χ0) is 28.6. The van der Waals surface area contributed by atoms with Crippen molar-refractivity contribution in [3.63, 3.8) is 0 Å². The fourth-order valence-electron chi connectivity index (χ4n) is 4.19. The average molecular weight is 591 g/mol. The Morgan fingerprint density at radius 1 is 0.923 bits per heavy atom. The first kappa shape index (κ1) is 30.5. The van der Waals surface area contributed by atoms with Crippen LogP contribution in [-0.2, 0) is 32.6 Å². The summed E-state index contributed by atoms with van der Waals surface area (Å²) in [5.74, 6) is -0.849. The van der Waals surface area contributed by atoms with Crippen LogP contribution in [0, 0.1) is 6.92 Å². The molecule has 0 fully saturated rings. The highest BCUT2D eigenvalue weighted by molar-refractivity contribution is 7.92. The second-order valence-electron chi connectivity index (χ2n) is 9.32. The first-order chi connectivity index (χ1) is 18.5. The van der Waals surface area contributed by atoms with Crippen LogP contribution in [0.5, 0.6) is 0 Å². The van der Waals surface area contributed by atoms with Gasteiger partial charge in [-0.1, -0.05) is 84.7 Å². The molecule has 39 heavy (non-hydrogen) atoms. The lowest BCUT2D eigenvalue weighted by atomic mass is 10.0. The van der Waals surface area contributed by atoms with Crippen molar-refractivity contribution < 1.29 is 18.0 Å². The predicted octanol–water partition coefficient (Wildman–Crippen LogP) is 5.23. The molecule has 1 atom stereocenters. The Bertz CT molecular complexity index is 1400. The van der Waals surface area contributed by atoms with Crippen LogP contribution in [0.2, 0.25) is 10.0 Å². The summed E-state index contributed by atoms with van der Waals surface area (Å²) in [5, 5.41) is 3.58. The van der Waals surface area contributed by atoms with Gasteiger partial charge in [0.25, 0.3) is 0 Å². The minimum atomic E-state index is -3.83. The second kappa shape index (κ2) is 13.8.